The van der Waals surface area contributed by atoms with E-state index in [1.807, 2.05) is 0 Å². The fourth-order valence-electron chi connectivity index (χ4n) is 1.63. The van der Waals surface area contributed by atoms with Crippen LogP contribution in [0.4, 0.5) is 13.2 Å². The van der Waals surface area contributed by atoms with Crippen LogP contribution < -0.4 is 4.74 Å². The second-order valence-electron chi connectivity index (χ2n) is 3.59. The lowest BCUT2D eigenvalue weighted by molar-refractivity contribution is -0.275. The predicted molar refractivity (Wildman–Crippen MR) is 58.9 cm³/mol. The average Bonchev–Trinajstić information content (AvgIpc) is 2.59. The summed E-state index contributed by atoms with van der Waals surface area (Å²) < 4.78 is 71.3. The first-order valence-electron chi connectivity index (χ1n) is 4.98. The fourth-order valence-corrected chi connectivity index (χ4v) is 2.94. The maximum Gasteiger partial charge on any atom is 0.573 e. The quantitative estimate of drug-likeness (QED) is 0.768. The minimum absolute atomic E-state index is 0.293. The van der Waals surface area contributed by atoms with Gasteiger partial charge in [-0.1, -0.05) is 12.1 Å². The maximum atomic E-state index is 12.2. The zero-order valence-electron chi connectivity index (χ0n) is 9.76. The molecule has 108 valence electrons. The Morgan fingerprint density at radius 1 is 1.30 bits per heavy atom. The van der Waals surface area contributed by atoms with Gasteiger partial charge >= 0.3 is 12.3 Å². The van der Waals surface area contributed by atoms with Crippen LogP contribution in [0, 0.1) is 0 Å². The van der Waals surface area contributed by atoms with Crippen molar-refractivity contribution in [3.05, 3.63) is 23.8 Å². The van der Waals surface area contributed by atoms with Crippen LogP contribution >= 0.6 is 0 Å². The summed E-state index contributed by atoms with van der Waals surface area (Å²) in [6.07, 6.45) is -5.07. The Labute approximate surface area is 110 Å². The van der Waals surface area contributed by atoms with Crippen LogP contribution in [0.3, 0.4) is 0 Å². The highest BCUT2D eigenvalue weighted by Gasteiger charge is 2.40. The van der Waals surface area contributed by atoms with Crippen molar-refractivity contribution in [3.63, 3.8) is 0 Å². The van der Waals surface area contributed by atoms with Gasteiger partial charge in [0.1, 0.15) is 4.90 Å². The van der Waals surface area contributed by atoms with Gasteiger partial charge in [0.15, 0.2) is 11.5 Å². The second kappa shape index (κ2) is 4.47. The molecular formula is C10H6F3NO5S. The minimum Gasteiger partial charge on any atom is -0.464 e. The molecule has 1 aromatic rings. The summed E-state index contributed by atoms with van der Waals surface area (Å²) in [7, 11) is -3.46. The summed E-state index contributed by atoms with van der Waals surface area (Å²) in [6.45, 7) is 0. The van der Waals surface area contributed by atoms with Crippen molar-refractivity contribution in [2.45, 2.75) is 11.3 Å². The van der Waals surface area contributed by atoms with E-state index in [2.05, 4.69) is 13.9 Å². The lowest BCUT2D eigenvalue weighted by atomic mass is 10.1. The Kier molecular flexibility index (Phi) is 3.20. The molecule has 0 radical (unpaired) electrons. The molecular weight excluding hydrogens is 303 g/mol. The Bertz CT molecular complexity index is 708. The van der Waals surface area contributed by atoms with Crippen LogP contribution in [0.25, 0.3) is 0 Å². The van der Waals surface area contributed by atoms with Gasteiger partial charge in [0.05, 0.1) is 7.11 Å². The van der Waals surface area contributed by atoms with Crippen molar-refractivity contribution in [2.75, 3.05) is 7.11 Å². The van der Waals surface area contributed by atoms with E-state index >= 15 is 0 Å². The number of hydrogen-bond acceptors (Lipinski definition) is 5. The first-order chi connectivity index (χ1) is 9.15. The van der Waals surface area contributed by atoms with Crippen molar-refractivity contribution >= 4 is 21.7 Å². The molecule has 1 aromatic carbocycles. The Hall–Kier alpha value is -2.10. The molecule has 0 fully saturated rings. The third-order valence-electron chi connectivity index (χ3n) is 2.31. The van der Waals surface area contributed by atoms with Gasteiger partial charge in [-0.15, -0.1) is 13.2 Å². The summed E-state index contributed by atoms with van der Waals surface area (Å²) in [5, 5.41) is 0. The SMILES string of the molecule is COC(=O)C1=NS(=O)(=O)c2c(OC(F)(F)F)cccc21. The lowest BCUT2D eigenvalue weighted by Crippen LogP contribution is -2.19. The van der Waals surface area contributed by atoms with Gasteiger partial charge in [-0.25, -0.2) is 4.79 Å². The van der Waals surface area contributed by atoms with E-state index in [0.717, 1.165) is 25.3 Å². The molecule has 1 heterocycles. The number of carbonyl (C=O) groups is 1. The topological polar surface area (TPSA) is 82.0 Å². The van der Waals surface area contributed by atoms with E-state index in [1.165, 1.54) is 0 Å². The molecule has 0 saturated carbocycles. The molecule has 6 nitrogen and oxygen atoms in total. The number of alkyl halides is 3. The molecule has 1 aliphatic rings. The van der Waals surface area contributed by atoms with Crippen LogP contribution in [0.1, 0.15) is 5.56 Å². The average molecular weight is 309 g/mol. The molecule has 0 saturated heterocycles. The number of fused-ring (bicyclic) bond motifs is 1. The van der Waals surface area contributed by atoms with Crippen LogP contribution in [0.15, 0.2) is 27.5 Å². The molecule has 10 heteroatoms. The van der Waals surface area contributed by atoms with Crippen molar-refractivity contribution in [1.29, 1.82) is 0 Å². The van der Waals surface area contributed by atoms with E-state index in [-0.39, 0.29) is 5.56 Å². The van der Waals surface area contributed by atoms with Gasteiger partial charge in [-0.3, -0.25) is 0 Å². The highest BCUT2D eigenvalue weighted by Crippen LogP contribution is 2.37. The number of methoxy groups -OCH3 is 1. The number of benzene rings is 1. The Balaban J connectivity index is 2.63. The first kappa shape index (κ1) is 14.3. The molecule has 0 spiro atoms. The smallest absolute Gasteiger partial charge is 0.464 e. The Morgan fingerprint density at radius 2 is 1.95 bits per heavy atom. The summed E-state index contributed by atoms with van der Waals surface area (Å²) in [6, 6.07) is 3.07. The molecule has 0 atom stereocenters. The molecule has 20 heavy (non-hydrogen) atoms. The zero-order chi connectivity index (χ0) is 15.1. The highest BCUT2D eigenvalue weighted by atomic mass is 32.2. The van der Waals surface area contributed by atoms with E-state index in [0.29, 0.717) is 0 Å². The zero-order valence-corrected chi connectivity index (χ0v) is 10.6. The van der Waals surface area contributed by atoms with E-state index in [9.17, 15) is 26.4 Å². The predicted octanol–water partition coefficient (Wildman–Crippen LogP) is 1.25. The summed E-state index contributed by atoms with van der Waals surface area (Å²) in [5.41, 5.74) is -0.881. The molecule has 0 bridgehead atoms. The van der Waals surface area contributed by atoms with Crippen molar-refractivity contribution in [3.8, 4) is 5.75 Å². The summed E-state index contributed by atoms with van der Waals surface area (Å²) >= 11 is 0. The minimum atomic E-state index is -5.07. The second-order valence-corrected chi connectivity index (χ2v) is 5.13. The number of carbonyl (C=O) groups excluding carboxylic acids is 1. The van der Waals surface area contributed by atoms with Gasteiger partial charge in [0.25, 0.3) is 10.0 Å². The van der Waals surface area contributed by atoms with E-state index in [4.69, 9.17) is 0 Å². The number of ether oxygens (including phenoxy) is 2. The van der Waals surface area contributed by atoms with E-state index in [1.54, 1.807) is 0 Å². The highest BCUT2D eigenvalue weighted by molar-refractivity contribution is 7.91. The number of halogens is 3. The number of rotatable bonds is 2. The van der Waals surface area contributed by atoms with Gasteiger partial charge in [-0.2, -0.15) is 12.8 Å². The molecule has 0 unspecified atom stereocenters. The number of sulfonamides is 1. The van der Waals surface area contributed by atoms with Crippen molar-refractivity contribution in [1.82, 2.24) is 0 Å². The van der Waals surface area contributed by atoms with Crippen LogP contribution in [-0.4, -0.2) is 33.6 Å². The van der Waals surface area contributed by atoms with Crippen molar-refractivity contribution in [2.24, 2.45) is 4.40 Å². The Morgan fingerprint density at radius 3 is 2.50 bits per heavy atom. The van der Waals surface area contributed by atoms with Crippen LogP contribution in [0.5, 0.6) is 5.75 Å². The number of esters is 1. The standard InChI is InChI=1S/C10H6F3NO5S/c1-18-9(15)7-5-3-2-4-6(19-10(11,12)13)8(5)20(16,17)14-7/h2-4H,1H3. The van der Waals surface area contributed by atoms with Gasteiger partial charge in [0.2, 0.25) is 0 Å². The van der Waals surface area contributed by atoms with Crippen LogP contribution in [0.2, 0.25) is 0 Å². The molecule has 2 rings (SSSR count). The maximum absolute atomic E-state index is 12.2. The monoisotopic (exact) mass is 309 g/mol. The van der Waals surface area contributed by atoms with Gasteiger partial charge in [0, 0.05) is 5.56 Å². The van der Waals surface area contributed by atoms with Gasteiger partial charge in [-0.05, 0) is 6.07 Å². The molecule has 0 aliphatic carbocycles. The van der Waals surface area contributed by atoms with E-state index < -0.39 is 38.7 Å². The molecule has 0 aromatic heterocycles. The first-order valence-corrected chi connectivity index (χ1v) is 6.42. The largest absolute Gasteiger partial charge is 0.573 e. The summed E-state index contributed by atoms with van der Waals surface area (Å²) in [5.74, 6) is -2.02. The normalized spacial score (nSPS) is 16.3. The molecule has 0 amide bonds. The third kappa shape index (κ3) is 2.46. The van der Waals surface area contributed by atoms with Crippen LogP contribution in [-0.2, 0) is 19.6 Å². The third-order valence-corrected chi connectivity index (χ3v) is 3.67. The molecule has 1 aliphatic heterocycles. The van der Waals surface area contributed by atoms with Crippen molar-refractivity contribution < 1.29 is 35.9 Å². The summed E-state index contributed by atoms with van der Waals surface area (Å²) in [4.78, 5) is 10.6. The fraction of sp³-hybridized carbons (Fsp3) is 0.200. The van der Waals surface area contributed by atoms with Gasteiger partial charge < -0.3 is 9.47 Å². The number of hydrogen-bond donors (Lipinski definition) is 0. The molecule has 0 N–H and O–H groups in total. The number of nitrogens with zero attached hydrogens (tertiary/aromatic N) is 1. The lowest BCUT2D eigenvalue weighted by Gasteiger charge is -2.11.